The number of urea groups is 2. The lowest BCUT2D eigenvalue weighted by atomic mass is 10.0. The number of nitrogens with one attached hydrogen (secondary N) is 4. The number of aliphatic hydroxyl groups excluding tert-OH is 2. The van der Waals surface area contributed by atoms with Crippen LogP contribution in [0.2, 0.25) is 0 Å². The molecule has 0 bridgehead atoms. The van der Waals surface area contributed by atoms with Crippen molar-refractivity contribution < 1.29 is 24.6 Å². The van der Waals surface area contributed by atoms with Crippen LogP contribution in [-0.4, -0.2) is 53.6 Å². The first-order chi connectivity index (χ1) is 7.54. The highest BCUT2D eigenvalue weighted by Crippen LogP contribution is 2.04. The monoisotopic (exact) mass is 232 g/mol. The highest BCUT2D eigenvalue weighted by molar-refractivity contribution is 6.01. The number of amides is 4. The van der Waals surface area contributed by atoms with Crippen molar-refractivity contribution in [2.75, 3.05) is 19.9 Å². The smallest absolute Gasteiger partial charge is 0.318 e. The summed E-state index contributed by atoms with van der Waals surface area (Å²) >= 11 is 0. The van der Waals surface area contributed by atoms with Crippen LogP contribution in [0.25, 0.3) is 0 Å². The van der Waals surface area contributed by atoms with Gasteiger partial charge in [-0.3, -0.25) is 4.79 Å². The summed E-state index contributed by atoms with van der Waals surface area (Å²) < 4.78 is 0. The fourth-order valence-corrected chi connectivity index (χ4v) is 1.20. The SMILES string of the molecule is O=C(NCO)NC1(CO)NC(=O)NCC1=O. The average Bonchev–Trinajstić information content (AvgIpc) is 2.24. The molecule has 1 aliphatic rings. The van der Waals surface area contributed by atoms with E-state index in [0.29, 0.717) is 0 Å². The van der Waals surface area contributed by atoms with E-state index in [9.17, 15) is 14.4 Å². The van der Waals surface area contributed by atoms with Crippen LogP contribution in [0, 0.1) is 0 Å². The Kier molecular flexibility index (Phi) is 3.64. The Morgan fingerprint density at radius 2 is 2.12 bits per heavy atom. The second-order valence-corrected chi connectivity index (χ2v) is 3.08. The van der Waals surface area contributed by atoms with Gasteiger partial charge in [0.2, 0.25) is 5.66 Å². The van der Waals surface area contributed by atoms with E-state index in [2.05, 4.69) is 16.0 Å². The summed E-state index contributed by atoms with van der Waals surface area (Å²) in [5.41, 5.74) is -1.85. The van der Waals surface area contributed by atoms with E-state index in [1.807, 2.05) is 5.32 Å². The number of Topliss-reactive ketones (excluding diaryl/α,β-unsaturated/α-hetero) is 1. The third-order valence-electron chi connectivity index (χ3n) is 2.02. The normalized spacial score (nSPS) is 24.4. The maximum atomic E-state index is 11.5. The second kappa shape index (κ2) is 4.77. The number of carbonyl (C=O) groups is 3. The van der Waals surface area contributed by atoms with Crippen molar-refractivity contribution in [2.24, 2.45) is 0 Å². The molecule has 1 saturated heterocycles. The average molecular weight is 232 g/mol. The molecule has 1 atom stereocenters. The van der Waals surface area contributed by atoms with E-state index in [0.717, 1.165) is 0 Å². The Labute approximate surface area is 90.2 Å². The minimum absolute atomic E-state index is 0.300. The maximum Gasteiger partial charge on any atom is 0.318 e. The molecule has 4 amide bonds. The molecule has 9 heteroatoms. The van der Waals surface area contributed by atoms with Gasteiger partial charge in [0.25, 0.3) is 0 Å². The van der Waals surface area contributed by atoms with Gasteiger partial charge in [-0.1, -0.05) is 0 Å². The Morgan fingerprint density at radius 3 is 2.69 bits per heavy atom. The standard InChI is InChI=1S/C7H12N4O5/c12-2-7(11-6(16)9-3-13)4(14)1-8-5(15)10-7/h12-13H,1-3H2,(H2,8,10,15)(H2,9,11,16). The first-order valence-corrected chi connectivity index (χ1v) is 4.41. The molecule has 0 saturated carbocycles. The van der Waals surface area contributed by atoms with Crippen molar-refractivity contribution in [2.45, 2.75) is 5.66 Å². The molecule has 16 heavy (non-hydrogen) atoms. The summed E-state index contributed by atoms with van der Waals surface area (Å²) in [6.45, 7) is -1.71. The van der Waals surface area contributed by atoms with Gasteiger partial charge in [-0.15, -0.1) is 0 Å². The van der Waals surface area contributed by atoms with E-state index in [1.165, 1.54) is 0 Å². The molecule has 0 spiro atoms. The fraction of sp³-hybridized carbons (Fsp3) is 0.571. The molecule has 1 unspecified atom stereocenters. The molecule has 90 valence electrons. The molecule has 0 radical (unpaired) electrons. The van der Waals surface area contributed by atoms with E-state index in [4.69, 9.17) is 10.2 Å². The van der Waals surface area contributed by atoms with Crippen LogP contribution in [0.3, 0.4) is 0 Å². The minimum Gasteiger partial charge on any atom is -0.391 e. The van der Waals surface area contributed by atoms with Crippen LogP contribution in [0.1, 0.15) is 0 Å². The van der Waals surface area contributed by atoms with Crippen LogP contribution in [0.5, 0.6) is 0 Å². The predicted molar refractivity (Wildman–Crippen MR) is 50.1 cm³/mol. The topological polar surface area (TPSA) is 140 Å². The molecular weight excluding hydrogens is 220 g/mol. The lowest BCUT2D eigenvalue weighted by Crippen LogP contribution is -2.75. The molecule has 6 N–H and O–H groups in total. The quantitative estimate of drug-likeness (QED) is 0.284. The number of aliphatic hydroxyl groups is 2. The maximum absolute atomic E-state index is 11.5. The molecule has 9 nitrogen and oxygen atoms in total. The molecule has 1 fully saturated rings. The molecule has 0 aliphatic carbocycles. The number of rotatable bonds is 3. The van der Waals surface area contributed by atoms with Crippen LogP contribution in [0.4, 0.5) is 9.59 Å². The van der Waals surface area contributed by atoms with Gasteiger partial charge < -0.3 is 31.5 Å². The van der Waals surface area contributed by atoms with Crippen LogP contribution >= 0.6 is 0 Å². The van der Waals surface area contributed by atoms with Crippen LogP contribution < -0.4 is 21.3 Å². The molecule has 1 aliphatic heterocycles. The highest BCUT2D eigenvalue weighted by Gasteiger charge is 2.43. The third-order valence-corrected chi connectivity index (χ3v) is 2.02. The van der Waals surface area contributed by atoms with E-state index < -0.39 is 36.8 Å². The minimum atomic E-state index is -1.85. The van der Waals surface area contributed by atoms with E-state index >= 15 is 0 Å². The van der Waals surface area contributed by atoms with Crippen molar-refractivity contribution >= 4 is 17.8 Å². The van der Waals surface area contributed by atoms with Gasteiger partial charge in [-0.05, 0) is 0 Å². The summed E-state index contributed by atoms with van der Waals surface area (Å²) in [7, 11) is 0. The predicted octanol–water partition coefficient (Wildman–Crippen LogP) is -3.19. The van der Waals surface area contributed by atoms with Crippen molar-refractivity contribution in [3.8, 4) is 0 Å². The molecule has 1 heterocycles. The Hall–Kier alpha value is -1.87. The number of hydrogen-bond acceptors (Lipinski definition) is 5. The van der Waals surface area contributed by atoms with Gasteiger partial charge >= 0.3 is 12.1 Å². The van der Waals surface area contributed by atoms with Gasteiger partial charge in [0, 0.05) is 0 Å². The Balaban J connectivity index is 2.78. The zero-order valence-electron chi connectivity index (χ0n) is 8.24. The molecular formula is C7H12N4O5. The van der Waals surface area contributed by atoms with Crippen molar-refractivity contribution in [1.82, 2.24) is 21.3 Å². The van der Waals surface area contributed by atoms with E-state index in [-0.39, 0.29) is 6.54 Å². The summed E-state index contributed by atoms with van der Waals surface area (Å²) in [6.07, 6.45) is 0. The zero-order chi connectivity index (χ0) is 12.2. The summed E-state index contributed by atoms with van der Waals surface area (Å²) in [6, 6.07) is -1.56. The first-order valence-electron chi connectivity index (χ1n) is 4.41. The molecule has 1 rings (SSSR count). The largest absolute Gasteiger partial charge is 0.391 e. The van der Waals surface area contributed by atoms with Crippen molar-refractivity contribution in [1.29, 1.82) is 0 Å². The zero-order valence-corrected chi connectivity index (χ0v) is 8.24. The van der Waals surface area contributed by atoms with Gasteiger partial charge in [0.15, 0.2) is 5.78 Å². The van der Waals surface area contributed by atoms with Gasteiger partial charge in [0.1, 0.15) is 6.73 Å². The lowest BCUT2D eigenvalue weighted by molar-refractivity contribution is -0.127. The summed E-state index contributed by atoms with van der Waals surface area (Å²) in [5, 5.41) is 25.8. The molecule has 0 aromatic rings. The fourth-order valence-electron chi connectivity index (χ4n) is 1.20. The van der Waals surface area contributed by atoms with Crippen LogP contribution in [0.15, 0.2) is 0 Å². The first kappa shape index (κ1) is 12.2. The molecule has 0 aromatic heterocycles. The number of carbonyl (C=O) groups excluding carboxylic acids is 3. The van der Waals surface area contributed by atoms with Crippen LogP contribution in [-0.2, 0) is 4.79 Å². The Morgan fingerprint density at radius 1 is 1.44 bits per heavy atom. The van der Waals surface area contributed by atoms with Gasteiger partial charge in [-0.2, -0.15) is 0 Å². The van der Waals surface area contributed by atoms with E-state index in [1.54, 1.807) is 0 Å². The Bertz CT molecular complexity index is 320. The summed E-state index contributed by atoms with van der Waals surface area (Å²) in [5.74, 6) is -0.595. The number of hydrogen-bond donors (Lipinski definition) is 6. The van der Waals surface area contributed by atoms with Gasteiger partial charge in [-0.25, -0.2) is 9.59 Å². The molecule has 0 aromatic carbocycles. The summed E-state index contributed by atoms with van der Waals surface area (Å²) in [4.78, 5) is 33.6. The van der Waals surface area contributed by atoms with Gasteiger partial charge in [0.05, 0.1) is 13.2 Å². The lowest BCUT2D eigenvalue weighted by Gasteiger charge is -2.35. The third kappa shape index (κ3) is 2.38. The second-order valence-electron chi connectivity index (χ2n) is 3.08. The highest BCUT2D eigenvalue weighted by atomic mass is 16.3. The van der Waals surface area contributed by atoms with Crippen molar-refractivity contribution in [3.05, 3.63) is 0 Å². The number of ketones is 1. The van der Waals surface area contributed by atoms with Crippen molar-refractivity contribution in [3.63, 3.8) is 0 Å².